The van der Waals surface area contributed by atoms with Gasteiger partial charge in [-0.2, -0.15) is 0 Å². The molecule has 1 aliphatic carbocycles. The number of methoxy groups -OCH3 is 1. The van der Waals surface area contributed by atoms with Crippen LogP contribution in [0.1, 0.15) is 66.8 Å². The van der Waals surface area contributed by atoms with Gasteiger partial charge in [0.05, 0.1) is 7.11 Å². The van der Waals surface area contributed by atoms with Crippen LogP contribution in [0.5, 0.6) is 0 Å². The van der Waals surface area contributed by atoms with E-state index in [2.05, 4.69) is 22.8 Å². The Morgan fingerprint density at radius 2 is 1.67 bits per heavy atom. The van der Waals surface area contributed by atoms with Gasteiger partial charge in [0, 0.05) is 11.6 Å². The van der Waals surface area contributed by atoms with Gasteiger partial charge in [-0.15, -0.1) is 24.8 Å². The lowest BCUT2D eigenvalue weighted by molar-refractivity contribution is -0.142. The molecule has 1 saturated carbocycles. The number of carbonyl (C=O) groups is 2. The zero-order chi connectivity index (χ0) is 19.9. The number of amides is 1. The molecular weight excluding hydrogens is 425 g/mol. The van der Waals surface area contributed by atoms with Crippen LogP contribution in [0.25, 0.3) is 0 Å². The highest BCUT2D eigenvalue weighted by Crippen LogP contribution is 2.28. The van der Waals surface area contributed by atoms with E-state index < -0.39 is 6.04 Å². The van der Waals surface area contributed by atoms with Crippen LogP contribution in [-0.4, -0.2) is 44.2 Å². The third-order valence-corrected chi connectivity index (χ3v) is 6.26. The molecule has 170 valence electrons. The fraction of sp³-hybridized carbons (Fsp3) is 0.636. The lowest BCUT2D eigenvalue weighted by atomic mass is 9.82. The number of rotatable bonds is 6. The van der Waals surface area contributed by atoms with E-state index in [1.165, 1.54) is 12.7 Å². The van der Waals surface area contributed by atoms with Gasteiger partial charge in [0.15, 0.2) is 0 Å². The maximum atomic E-state index is 12.6. The molecule has 3 rings (SSSR count). The first-order chi connectivity index (χ1) is 13.6. The van der Waals surface area contributed by atoms with Crippen LogP contribution in [0.3, 0.4) is 0 Å². The van der Waals surface area contributed by atoms with Crippen molar-refractivity contribution >= 4 is 36.7 Å². The van der Waals surface area contributed by atoms with Crippen LogP contribution in [-0.2, 0) is 9.53 Å². The molecule has 1 atom stereocenters. The highest BCUT2D eigenvalue weighted by Gasteiger charge is 2.26. The maximum absolute atomic E-state index is 12.6. The van der Waals surface area contributed by atoms with E-state index >= 15 is 0 Å². The molecule has 0 spiro atoms. The fourth-order valence-electron chi connectivity index (χ4n) is 4.48. The zero-order valence-corrected chi connectivity index (χ0v) is 19.2. The smallest absolute Gasteiger partial charge is 0.322 e. The third kappa shape index (κ3) is 7.41. The van der Waals surface area contributed by atoms with Crippen molar-refractivity contribution in [3.63, 3.8) is 0 Å². The van der Waals surface area contributed by atoms with Gasteiger partial charge in [-0.3, -0.25) is 9.59 Å². The summed E-state index contributed by atoms with van der Waals surface area (Å²) in [7, 11) is 1.37. The molecule has 1 unspecified atom stereocenters. The molecule has 8 heteroatoms. The topological polar surface area (TPSA) is 93.4 Å². The van der Waals surface area contributed by atoms with Crippen molar-refractivity contribution in [1.29, 1.82) is 0 Å². The minimum absolute atomic E-state index is 0. The Hall–Kier alpha value is -1.34. The summed E-state index contributed by atoms with van der Waals surface area (Å²) in [5.41, 5.74) is 7.93. The first kappa shape index (κ1) is 26.7. The van der Waals surface area contributed by atoms with Crippen molar-refractivity contribution < 1.29 is 14.3 Å². The molecule has 0 bridgehead atoms. The fourth-order valence-corrected chi connectivity index (χ4v) is 4.48. The summed E-state index contributed by atoms with van der Waals surface area (Å²) in [6, 6.07) is 7.77. The van der Waals surface area contributed by atoms with E-state index in [1.54, 1.807) is 0 Å². The number of nitrogens with two attached hydrogens (primary N) is 1. The molecule has 0 radical (unpaired) electrons. The molecule has 1 aromatic carbocycles. The second-order valence-electron chi connectivity index (χ2n) is 8.20. The lowest BCUT2D eigenvalue weighted by Crippen LogP contribution is -2.39. The average molecular weight is 460 g/mol. The Bertz CT molecular complexity index is 658. The van der Waals surface area contributed by atoms with Gasteiger partial charge in [-0.05, 0) is 87.6 Å². The standard InChI is InChI=1S/C22H33N3O3.2ClH/c1-28-22(27)20(23)14-15-2-8-19(9-3-15)25-21(26)18-6-4-16(5-7-18)17-10-12-24-13-11-17;;/h4-7,15,17,19-20,24H,2-3,8-14,23H2,1H3,(H,25,26);2*1H/t15-,19-,20?;;. The molecule has 1 saturated heterocycles. The minimum atomic E-state index is -0.542. The molecule has 2 aliphatic rings. The Balaban J connectivity index is 0.00000225. The first-order valence-electron chi connectivity index (χ1n) is 10.5. The summed E-state index contributed by atoms with van der Waals surface area (Å²) in [5, 5.41) is 6.56. The van der Waals surface area contributed by atoms with Gasteiger partial charge in [-0.25, -0.2) is 0 Å². The summed E-state index contributed by atoms with van der Waals surface area (Å²) in [5.74, 6) is 0.687. The van der Waals surface area contributed by atoms with E-state index in [9.17, 15) is 9.59 Å². The van der Waals surface area contributed by atoms with Crippen molar-refractivity contribution in [1.82, 2.24) is 10.6 Å². The highest BCUT2D eigenvalue weighted by molar-refractivity contribution is 5.94. The Morgan fingerprint density at radius 1 is 1.07 bits per heavy atom. The van der Waals surface area contributed by atoms with E-state index in [0.717, 1.165) is 57.2 Å². The van der Waals surface area contributed by atoms with Crippen molar-refractivity contribution in [2.45, 2.75) is 62.9 Å². The predicted octanol–water partition coefficient (Wildman–Crippen LogP) is 3.18. The minimum Gasteiger partial charge on any atom is -0.468 e. The van der Waals surface area contributed by atoms with Crippen molar-refractivity contribution in [3.05, 3.63) is 35.4 Å². The largest absolute Gasteiger partial charge is 0.468 e. The maximum Gasteiger partial charge on any atom is 0.322 e. The van der Waals surface area contributed by atoms with Gasteiger partial charge >= 0.3 is 5.97 Å². The summed E-state index contributed by atoms with van der Waals surface area (Å²) in [4.78, 5) is 24.1. The molecule has 1 aliphatic heterocycles. The Morgan fingerprint density at radius 3 is 2.23 bits per heavy atom. The van der Waals surface area contributed by atoms with E-state index in [4.69, 9.17) is 10.5 Å². The Kier molecular flexibility index (Phi) is 11.7. The van der Waals surface area contributed by atoms with Crippen molar-refractivity contribution in [2.75, 3.05) is 20.2 Å². The van der Waals surface area contributed by atoms with E-state index in [1.807, 2.05) is 12.1 Å². The summed E-state index contributed by atoms with van der Waals surface area (Å²) in [6.45, 7) is 2.14. The average Bonchev–Trinajstić information content (AvgIpc) is 2.75. The number of esters is 1. The number of piperidine rings is 1. The van der Waals surface area contributed by atoms with Crippen LogP contribution >= 0.6 is 24.8 Å². The number of hydrogen-bond acceptors (Lipinski definition) is 5. The second kappa shape index (κ2) is 13.2. The summed E-state index contributed by atoms with van der Waals surface area (Å²) in [6.07, 6.45) is 6.79. The van der Waals surface area contributed by atoms with Crippen molar-refractivity contribution in [3.8, 4) is 0 Å². The summed E-state index contributed by atoms with van der Waals surface area (Å²) >= 11 is 0. The third-order valence-electron chi connectivity index (χ3n) is 6.26. The van der Waals surface area contributed by atoms with Crippen LogP contribution in [0.4, 0.5) is 0 Å². The number of ether oxygens (including phenoxy) is 1. The van der Waals surface area contributed by atoms with Gasteiger partial charge < -0.3 is 21.1 Å². The molecule has 0 aromatic heterocycles. The molecule has 1 amide bonds. The van der Waals surface area contributed by atoms with Crippen molar-refractivity contribution in [2.24, 2.45) is 11.7 Å². The van der Waals surface area contributed by atoms with Gasteiger partial charge in [0.2, 0.25) is 0 Å². The van der Waals surface area contributed by atoms with Crippen LogP contribution in [0.2, 0.25) is 0 Å². The van der Waals surface area contributed by atoms with Crippen LogP contribution in [0, 0.1) is 5.92 Å². The number of nitrogens with one attached hydrogen (secondary N) is 2. The monoisotopic (exact) mass is 459 g/mol. The normalized spacial score (nSPS) is 22.7. The second-order valence-corrected chi connectivity index (χ2v) is 8.20. The zero-order valence-electron chi connectivity index (χ0n) is 17.6. The molecule has 2 fully saturated rings. The quantitative estimate of drug-likeness (QED) is 0.567. The molecule has 1 heterocycles. The highest BCUT2D eigenvalue weighted by atomic mass is 35.5. The van der Waals surface area contributed by atoms with Crippen LogP contribution < -0.4 is 16.4 Å². The van der Waals surface area contributed by atoms with Crippen LogP contribution in [0.15, 0.2) is 24.3 Å². The molecule has 4 N–H and O–H groups in total. The predicted molar refractivity (Wildman–Crippen MR) is 124 cm³/mol. The Labute approximate surface area is 191 Å². The number of benzene rings is 1. The first-order valence-corrected chi connectivity index (χ1v) is 10.5. The molecule has 6 nitrogen and oxygen atoms in total. The van der Waals surface area contributed by atoms with Gasteiger partial charge in [0.25, 0.3) is 5.91 Å². The molecular formula is C22H35Cl2N3O3. The van der Waals surface area contributed by atoms with Gasteiger partial charge in [0.1, 0.15) is 6.04 Å². The molecule has 1 aromatic rings. The van der Waals surface area contributed by atoms with E-state index in [0.29, 0.717) is 18.3 Å². The van der Waals surface area contributed by atoms with E-state index in [-0.39, 0.29) is 42.7 Å². The number of carbonyl (C=O) groups excluding carboxylic acids is 2. The van der Waals surface area contributed by atoms with Gasteiger partial charge in [-0.1, -0.05) is 12.1 Å². The number of halogens is 2. The summed E-state index contributed by atoms with van der Waals surface area (Å²) < 4.78 is 4.70. The lowest BCUT2D eigenvalue weighted by Gasteiger charge is -2.30. The number of hydrogen-bond donors (Lipinski definition) is 3. The SMILES string of the molecule is COC(=O)C(N)C[C@H]1CC[C@H](NC(=O)c2ccc(C3CCNCC3)cc2)CC1.Cl.Cl. The molecule has 30 heavy (non-hydrogen) atoms.